The number of carbonyl (C=O) groups excluding carboxylic acids is 1. The van der Waals surface area contributed by atoms with Crippen LogP contribution in [-0.4, -0.2) is 5.91 Å². The van der Waals surface area contributed by atoms with Crippen LogP contribution in [0, 0.1) is 0 Å². The van der Waals surface area contributed by atoms with E-state index in [-0.39, 0.29) is 5.91 Å². The molecule has 0 fully saturated rings. The van der Waals surface area contributed by atoms with Gasteiger partial charge in [0.2, 0.25) is 5.91 Å². The quantitative estimate of drug-likeness (QED) is 0.748. The third-order valence-corrected chi connectivity index (χ3v) is 3.78. The summed E-state index contributed by atoms with van der Waals surface area (Å²) in [5.41, 5.74) is 3.27. The van der Waals surface area contributed by atoms with Gasteiger partial charge in [0, 0.05) is 6.42 Å². The number of nitrogens with one attached hydrogen (secondary N) is 1. The van der Waals surface area contributed by atoms with Crippen LogP contribution >= 0.6 is 0 Å². The molecule has 0 radical (unpaired) electrons. The van der Waals surface area contributed by atoms with Crippen molar-refractivity contribution in [2.75, 3.05) is 5.32 Å². The lowest BCUT2D eigenvalue weighted by Gasteiger charge is -2.14. The molecule has 0 atom stereocenters. The van der Waals surface area contributed by atoms with Gasteiger partial charge in [0.1, 0.15) is 12.4 Å². The first-order chi connectivity index (χ1) is 11.2. The van der Waals surface area contributed by atoms with Crippen molar-refractivity contribution in [1.82, 2.24) is 0 Å². The number of amides is 1. The molecule has 0 aromatic heterocycles. The molecule has 2 aromatic rings. The number of anilines is 1. The Bertz CT molecular complexity index is 637. The van der Waals surface area contributed by atoms with E-state index in [1.807, 2.05) is 37.3 Å². The van der Waals surface area contributed by atoms with Crippen molar-refractivity contribution in [2.45, 2.75) is 46.1 Å². The highest BCUT2D eigenvalue weighted by Gasteiger charge is 2.08. The van der Waals surface area contributed by atoms with Gasteiger partial charge in [-0.3, -0.25) is 4.79 Å². The van der Waals surface area contributed by atoms with Gasteiger partial charge in [-0.15, -0.1) is 0 Å². The molecule has 0 aliphatic rings. The summed E-state index contributed by atoms with van der Waals surface area (Å²) >= 11 is 0. The molecule has 3 nitrogen and oxygen atoms in total. The molecule has 3 heteroatoms. The Morgan fingerprint density at radius 3 is 2.43 bits per heavy atom. The van der Waals surface area contributed by atoms with Gasteiger partial charge < -0.3 is 10.1 Å². The minimum atomic E-state index is -0.00982. The van der Waals surface area contributed by atoms with E-state index in [1.54, 1.807) is 0 Å². The van der Waals surface area contributed by atoms with Crippen molar-refractivity contribution in [1.29, 1.82) is 0 Å². The summed E-state index contributed by atoms with van der Waals surface area (Å²) in [6, 6.07) is 16.0. The molecule has 2 rings (SSSR count). The summed E-state index contributed by atoms with van der Waals surface area (Å²) in [5.74, 6) is 0.698. The topological polar surface area (TPSA) is 38.3 Å². The maximum atomic E-state index is 11.6. The molecule has 122 valence electrons. The molecule has 0 spiro atoms. The van der Waals surface area contributed by atoms with Crippen LogP contribution in [0.4, 0.5) is 5.69 Å². The van der Waals surface area contributed by atoms with Crippen LogP contribution in [0.15, 0.2) is 48.5 Å². The minimum Gasteiger partial charge on any atom is -0.487 e. The zero-order valence-corrected chi connectivity index (χ0v) is 14.0. The predicted octanol–water partition coefficient (Wildman–Crippen LogP) is 4.96. The largest absolute Gasteiger partial charge is 0.487 e. The Morgan fingerprint density at radius 2 is 1.70 bits per heavy atom. The van der Waals surface area contributed by atoms with Crippen LogP contribution in [0.3, 0.4) is 0 Å². The smallest absolute Gasteiger partial charge is 0.224 e. The van der Waals surface area contributed by atoms with Crippen LogP contribution < -0.4 is 10.1 Å². The number of aryl methyl sites for hydroxylation is 1. The first kappa shape index (κ1) is 17.1. The Labute approximate surface area is 138 Å². The Kier molecular flexibility index (Phi) is 6.67. The second kappa shape index (κ2) is 8.99. The average Bonchev–Trinajstić information content (AvgIpc) is 2.59. The number of benzene rings is 2. The fourth-order valence-corrected chi connectivity index (χ4v) is 2.40. The van der Waals surface area contributed by atoms with E-state index in [1.165, 1.54) is 24.0 Å². The van der Waals surface area contributed by atoms with E-state index < -0.39 is 0 Å². The third kappa shape index (κ3) is 5.13. The zero-order valence-electron chi connectivity index (χ0n) is 14.0. The van der Waals surface area contributed by atoms with Crippen LogP contribution in [-0.2, 0) is 17.8 Å². The predicted molar refractivity (Wildman–Crippen MR) is 94.7 cm³/mol. The zero-order chi connectivity index (χ0) is 16.5. The number of carbonyl (C=O) groups is 1. The van der Waals surface area contributed by atoms with Gasteiger partial charge in [0.25, 0.3) is 0 Å². The average molecular weight is 311 g/mol. The monoisotopic (exact) mass is 311 g/mol. The summed E-state index contributed by atoms with van der Waals surface area (Å²) in [7, 11) is 0. The molecule has 0 unspecified atom stereocenters. The highest BCUT2D eigenvalue weighted by atomic mass is 16.5. The van der Waals surface area contributed by atoms with Crippen LogP contribution in [0.1, 0.15) is 44.2 Å². The Balaban J connectivity index is 2.08. The fraction of sp³-hybridized carbons (Fsp3) is 0.350. The number of ether oxygens (including phenoxy) is 1. The van der Waals surface area contributed by atoms with E-state index in [0.29, 0.717) is 18.8 Å². The van der Waals surface area contributed by atoms with Crippen molar-refractivity contribution in [3.05, 3.63) is 59.7 Å². The molecule has 0 heterocycles. The second-order valence-electron chi connectivity index (χ2n) is 5.56. The lowest BCUT2D eigenvalue weighted by molar-refractivity contribution is -0.115. The molecule has 0 saturated heterocycles. The highest BCUT2D eigenvalue weighted by Crippen LogP contribution is 2.25. The van der Waals surface area contributed by atoms with Crippen LogP contribution in [0.5, 0.6) is 5.75 Å². The summed E-state index contributed by atoms with van der Waals surface area (Å²) < 4.78 is 5.97. The van der Waals surface area contributed by atoms with Crippen LogP contribution in [0.25, 0.3) is 0 Å². The molecule has 2 aromatic carbocycles. The van der Waals surface area contributed by atoms with Gasteiger partial charge in [0.05, 0.1) is 5.69 Å². The van der Waals surface area contributed by atoms with E-state index in [2.05, 4.69) is 30.4 Å². The van der Waals surface area contributed by atoms with Crippen molar-refractivity contribution >= 4 is 11.6 Å². The number of rotatable bonds is 8. The van der Waals surface area contributed by atoms with Crippen molar-refractivity contribution in [3.63, 3.8) is 0 Å². The number of unbranched alkanes of at least 4 members (excludes halogenated alkanes) is 1. The van der Waals surface area contributed by atoms with E-state index in [9.17, 15) is 4.79 Å². The first-order valence-electron chi connectivity index (χ1n) is 8.33. The molecular formula is C20H25NO2. The minimum absolute atomic E-state index is 0.00982. The van der Waals surface area contributed by atoms with Crippen molar-refractivity contribution in [2.24, 2.45) is 0 Å². The number of para-hydroxylation sites is 2. The van der Waals surface area contributed by atoms with E-state index in [4.69, 9.17) is 4.74 Å². The molecule has 1 N–H and O–H groups in total. The number of hydrogen-bond donors (Lipinski definition) is 1. The summed E-state index contributed by atoms with van der Waals surface area (Å²) in [6.45, 7) is 4.55. The molecule has 0 saturated carbocycles. The van der Waals surface area contributed by atoms with Crippen molar-refractivity contribution in [3.8, 4) is 5.75 Å². The molecule has 1 amide bonds. The van der Waals surface area contributed by atoms with Gasteiger partial charge >= 0.3 is 0 Å². The summed E-state index contributed by atoms with van der Waals surface area (Å²) in [6.07, 6.45) is 3.89. The normalized spacial score (nSPS) is 10.3. The van der Waals surface area contributed by atoms with Crippen LogP contribution in [0.2, 0.25) is 0 Å². The summed E-state index contributed by atoms with van der Waals surface area (Å²) in [5, 5.41) is 2.88. The lowest BCUT2D eigenvalue weighted by Crippen LogP contribution is -2.11. The maximum Gasteiger partial charge on any atom is 0.224 e. The number of hydrogen-bond acceptors (Lipinski definition) is 2. The summed E-state index contributed by atoms with van der Waals surface area (Å²) in [4.78, 5) is 11.6. The molecule has 0 bridgehead atoms. The highest BCUT2D eigenvalue weighted by molar-refractivity contribution is 5.91. The van der Waals surface area contributed by atoms with E-state index >= 15 is 0 Å². The first-order valence-corrected chi connectivity index (χ1v) is 8.33. The second-order valence-corrected chi connectivity index (χ2v) is 5.56. The molecule has 0 aliphatic carbocycles. The van der Waals surface area contributed by atoms with Crippen molar-refractivity contribution < 1.29 is 9.53 Å². The Morgan fingerprint density at radius 1 is 1.00 bits per heavy atom. The fourth-order valence-electron chi connectivity index (χ4n) is 2.40. The van der Waals surface area contributed by atoms with Gasteiger partial charge in [0.15, 0.2) is 0 Å². The standard InChI is InChI=1S/C20H25NO2/c1-3-5-10-16-11-6-7-12-17(16)15-23-19-14-9-8-13-18(19)21-20(22)4-2/h6-9,11-14H,3-5,10,15H2,1-2H3,(H,21,22). The SMILES string of the molecule is CCCCc1ccccc1COc1ccccc1NC(=O)CC. The third-order valence-electron chi connectivity index (χ3n) is 3.78. The van der Waals surface area contributed by atoms with Gasteiger partial charge in [-0.25, -0.2) is 0 Å². The Hall–Kier alpha value is -2.29. The van der Waals surface area contributed by atoms with Gasteiger partial charge in [-0.2, -0.15) is 0 Å². The van der Waals surface area contributed by atoms with Gasteiger partial charge in [-0.05, 0) is 36.1 Å². The van der Waals surface area contributed by atoms with Gasteiger partial charge in [-0.1, -0.05) is 56.7 Å². The molecule has 23 heavy (non-hydrogen) atoms. The lowest BCUT2D eigenvalue weighted by atomic mass is 10.0. The molecule has 0 aliphatic heterocycles. The molecular weight excluding hydrogens is 286 g/mol. The van der Waals surface area contributed by atoms with E-state index in [0.717, 1.165) is 12.1 Å². The maximum absolute atomic E-state index is 11.6.